The van der Waals surface area contributed by atoms with Crippen LogP contribution < -0.4 is 0 Å². The van der Waals surface area contributed by atoms with Crippen LogP contribution in [0.15, 0.2) is 12.2 Å². The van der Waals surface area contributed by atoms with E-state index in [4.69, 9.17) is 15.9 Å². The zero-order chi connectivity index (χ0) is 12.6. The molecule has 2 nitrogen and oxygen atoms in total. The van der Waals surface area contributed by atoms with Crippen molar-refractivity contribution in [2.75, 3.05) is 6.61 Å². The highest BCUT2D eigenvalue weighted by molar-refractivity contribution is 4.99. The van der Waals surface area contributed by atoms with Crippen LogP contribution in [0.5, 0.6) is 0 Å². The van der Waals surface area contributed by atoms with Crippen molar-refractivity contribution < 1.29 is 9.47 Å². The lowest BCUT2D eigenvalue weighted by Crippen LogP contribution is -2.28. The van der Waals surface area contributed by atoms with Gasteiger partial charge in [0.05, 0.1) is 6.10 Å². The normalized spacial score (nSPS) is 32.1. The average molecular weight is 248 g/mol. The van der Waals surface area contributed by atoms with Gasteiger partial charge in [0.25, 0.3) is 0 Å². The molecule has 0 radical (unpaired) electrons. The Morgan fingerprint density at radius 3 is 2.83 bits per heavy atom. The van der Waals surface area contributed by atoms with Crippen molar-refractivity contribution in [3.05, 3.63) is 12.2 Å². The van der Waals surface area contributed by atoms with Crippen LogP contribution in [-0.4, -0.2) is 19.0 Å². The van der Waals surface area contributed by atoms with E-state index in [2.05, 4.69) is 18.1 Å². The highest BCUT2D eigenvalue weighted by atomic mass is 16.7. The zero-order valence-electron chi connectivity index (χ0n) is 11.1. The molecule has 2 aliphatic rings. The van der Waals surface area contributed by atoms with Crippen LogP contribution in [0.4, 0.5) is 0 Å². The maximum atomic E-state index is 5.96. The number of hydrogen-bond acceptors (Lipinski definition) is 2. The highest BCUT2D eigenvalue weighted by Gasteiger charge is 2.21. The molecular weight excluding hydrogens is 224 g/mol. The van der Waals surface area contributed by atoms with E-state index in [-0.39, 0.29) is 12.4 Å². The smallest absolute Gasteiger partial charge is 0.158 e. The Balaban J connectivity index is 1.67. The van der Waals surface area contributed by atoms with E-state index in [1.807, 2.05) is 0 Å². The SMILES string of the molecule is C#CCCCC1C=CC(OC2CCCCO2)CC1. The van der Waals surface area contributed by atoms with Gasteiger partial charge in [0.1, 0.15) is 0 Å². The van der Waals surface area contributed by atoms with Crippen molar-refractivity contribution in [2.24, 2.45) is 5.92 Å². The van der Waals surface area contributed by atoms with Crippen LogP contribution in [0.25, 0.3) is 0 Å². The van der Waals surface area contributed by atoms with Gasteiger partial charge in [0.2, 0.25) is 0 Å². The summed E-state index contributed by atoms with van der Waals surface area (Å²) in [6, 6.07) is 0. The number of rotatable bonds is 5. The molecule has 0 N–H and O–H groups in total. The van der Waals surface area contributed by atoms with Gasteiger partial charge in [-0.1, -0.05) is 12.2 Å². The van der Waals surface area contributed by atoms with E-state index in [0.717, 1.165) is 32.3 Å². The molecule has 0 aromatic carbocycles. The lowest BCUT2D eigenvalue weighted by Gasteiger charge is -2.29. The van der Waals surface area contributed by atoms with Gasteiger partial charge in [0.15, 0.2) is 6.29 Å². The first-order valence-electron chi connectivity index (χ1n) is 7.27. The Morgan fingerprint density at radius 2 is 2.17 bits per heavy atom. The molecule has 0 spiro atoms. The van der Waals surface area contributed by atoms with Gasteiger partial charge in [0, 0.05) is 13.0 Å². The third-order valence-electron chi connectivity index (χ3n) is 3.78. The van der Waals surface area contributed by atoms with E-state index in [9.17, 15) is 0 Å². The number of allylic oxidation sites excluding steroid dienone is 1. The van der Waals surface area contributed by atoms with Gasteiger partial charge in [-0.25, -0.2) is 0 Å². The zero-order valence-corrected chi connectivity index (χ0v) is 11.1. The summed E-state index contributed by atoms with van der Waals surface area (Å²) >= 11 is 0. The average Bonchev–Trinajstić information content (AvgIpc) is 2.42. The highest BCUT2D eigenvalue weighted by Crippen LogP contribution is 2.26. The molecular formula is C16H24O2. The van der Waals surface area contributed by atoms with E-state index in [1.54, 1.807) is 0 Å². The predicted octanol–water partition coefficient (Wildman–Crippen LogP) is 3.67. The molecule has 100 valence electrons. The maximum Gasteiger partial charge on any atom is 0.158 e. The molecule has 0 aromatic heterocycles. The van der Waals surface area contributed by atoms with Crippen LogP contribution in [0.3, 0.4) is 0 Å². The van der Waals surface area contributed by atoms with Crippen LogP contribution in [-0.2, 0) is 9.47 Å². The fraction of sp³-hybridized carbons (Fsp3) is 0.750. The van der Waals surface area contributed by atoms with Gasteiger partial charge in [-0.3, -0.25) is 0 Å². The second-order valence-electron chi connectivity index (χ2n) is 5.29. The van der Waals surface area contributed by atoms with Crippen LogP contribution in [0.1, 0.15) is 51.4 Å². The number of terminal acetylenes is 1. The number of hydrogen-bond donors (Lipinski definition) is 0. The van der Waals surface area contributed by atoms with Gasteiger partial charge in [-0.15, -0.1) is 12.3 Å². The predicted molar refractivity (Wildman–Crippen MR) is 73.0 cm³/mol. The summed E-state index contributed by atoms with van der Waals surface area (Å²) in [6.07, 6.45) is 19.2. The summed E-state index contributed by atoms with van der Waals surface area (Å²) in [6.45, 7) is 0.857. The van der Waals surface area contributed by atoms with Crippen molar-refractivity contribution in [1.29, 1.82) is 0 Å². The van der Waals surface area contributed by atoms with Gasteiger partial charge < -0.3 is 9.47 Å². The molecule has 0 saturated carbocycles. The van der Waals surface area contributed by atoms with Gasteiger partial charge in [-0.2, -0.15) is 0 Å². The Bertz CT molecular complexity index is 297. The van der Waals surface area contributed by atoms with E-state index in [0.29, 0.717) is 5.92 Å². The Labute approximate surface area is 111 Å². The molecule has 1 aliphatic carbocycles. The second-order valence-corrected chi connectivity index (χ2v) is 5.29. The molecule has 1 aliphatic heterocycles. The molecule has 1 fully saturated rings. The summed E-state index contributed by atoms with van der Waals surface area (Å²) in [7, 11) is 0. The van der Waals surface area contributed by atoms with Gasteiger partial charge >= 0.3 is 0 Å². The Hall–Kier alpha value is -0.780. The molecule has 0 amide bonds. The van der Waals surface area contributed by atoms with Crippen molar-refractivity contribution in [2.45, 2.75) is 63.8 Å². The lowest BCUT2D eigenvalue weighted by atomic mass is 9.90. The molecule has 2 heteroatoms. The van der Waals surface area contributed by atoms with E-state index < -0.39 is 0 Å². The Morgan fingerprint density at radius 1 is 1.22 bits per heavy atom. The van der Waals surface area contributed by atoms with Crippen LogP contribution in [0, 0.1) is 18.3 Å². The Kier molecular flexibility index (Phi) is 5.77. The first-order valence-corrected chi connectivity index (χ1v) is 7.27. The first-order chi connectivity index (χ1) is 8.88. The van der Waals surface area contributed by atoms with Crippen molar-refractivity contribution in [1.82, 2.24) is 0 Å². The molecule has 0 aromatic rings. The van der Waals surface area contributed by atoms with Crippen LogP contribution >= 0.6 is 0 Å². The molecule has 3 atom stereocenters. The lowest BCUT2D eigenvalue weighted by molar-refractivity contribution is -0.180. The molecule has 0 bridgehead atoms. The van der Waals surface area contributed by atoms with Crippen molar-refractivity contribution in [3.63, 3.8) is 0 Å². The minimum absolute atomic E-state index is 0.0337. The van der Waals surface area contributed by atoms with Crippen molar-refractivity contribution >= 4 is 0 Å². The summed E-state index contributed by atoms with van der Waals surface area (Å²) in [5.74, 6) is 3.40. The molecule has 18 heavy (non-hydrogen) atoms. The quantitative estimate of drug-likeness (QED) is 0.420. The second kappa shape index (κ2) is 7.61. The van der Waals surface area contributed by atoms with E-state index in [1.165, 1.54) is 25.7 Å². The summed E-state index contributed by atoms with van der Waals surface area (Å²) in [4.78, 5) is 0. The standard InChI is InChI=1S/C16H24O2/c1-2-3-4-7-14-9-11-15(12-10-14)18-16-8-5-6-13-17-16/h1,9,11,14-16H,3-8,10,12-13H2. The minimum Gasteiger partial charge on any atom is -0.353 e. The molecule has 2 rings (SSSR count). The number of unbranched alkanes of at least 4 members (excludes halogenated alkanes) is 1. The monoisotopic (exact) mass is 248 g/mol. The maximum absolute atomic E-state index is 5.96. The topological polar surface area (TPSA) is 18.5 Å². The molecule has 1 heterocycles. The van der Waals surface area contributed by atoms with Gasteiger partial charge in [-0.05, 0) is 50.9 Å². The third-order valence-corrected chi connectivity index (χ3v) is 3.78. The first kappa shape index (κ1) is 13.6. The largest absolute Gasteiger partial charge is 0.353 e. The summed E-state index contributed by atoms with van der Waals surface area (Å²) in [5.41, 5.74) is 0. The fourth-order valence-corrected chi connectivity index (χ4v) is 2.69. The van der Waals surface area contributed by atoms with Crippen LogP contribution in [0.2, 0.25) is 0 Å². The minimum atomic E-state index is 0.0337. The van der Waals surface area contributed by atoms with E-state index >= 15 is 0 Å². The fourth-order valence-electron chi connectivity index (χ4n) is 2.69. The summed E-state index contributed by atoms with van der Waals surface area (Å²) in [5, 5.41) is 0. The van der Waals surface area contributed by atoms with Crippen molar-refractivity contribution in [3.8, 4) is 12.3 Å². The number of ether oxygens (including phenoxy) is 2. The third kappa shape index (κ3) is 4.48. The molecule has 1 saturated heterocycles. The molecule has 3 unspecified atom stereocenters. The summed E-state index contributed by atoms with van der Waals surface area (Å²) < 4.78 is 11.6.